The van der Waals surface area contributed by atoms with Crippen LogP contribution in [0, 0.1) is 10.1 Å². The van der Waals surface area contributed by atoms with Crippen molar-refractivity contribution in [3.63, 3.8) is 0 Å². The van der Waals surface area contributed by atoms with Gasteiger partial charge in [-0.1, -0.05) is 6.07 Å². The number of ether oxygens (including phenoxy) is 1. The van der Waals surface area contributed by atoms with Gasteiger partial charge < -0.3 is 9.84 Å². The molecule has 0 heterocycles. The quantitative estimate of drug-likeness (QED) is 0.488. The molecule has 0 bridgehead atoms. The summed E-state index contributed by atoms with van der Waals surface area (Å²) in [7, 11) is 1.35. The van der Waals surface area contributed by atoms with Crippen molar-refractivity contribution in [2.45, 2.75) is 6.10 Å². The molecule has 15 heavy (non-hydrogen) atoms. The molecule has 1 aromatic carbocycles. The van der Waals surface area contributed by atoms with Crippen LogP contribution >= 0.6 is 11.6 Å². The van der Waals surface area contributed by atoms with Crippen LogP contribution in [-0.2, 0) is 0 Å². The molecule has 0 amide bonds. The fraction of sp³-hybridized carbons (Fsp3) is 0.333. The summed E-state index contributed by atoms with van der Waals surface area (Å²) in [5.74, 6) is 0.147. The number of benzene rings is 1. The summed E-state index contributed by atoms with van der Waals surface area (Å²) in [5.41, 5.74) is 0.219. The molecule has 1 atom stereocenters. The van der Waals surface area contributed by atoms with E-state index in [4.69, 9.17) is 16.3 Å². The summed E-state index contributed by atoms with van der Waals surface area (Å²) >= 11 is 5.44. The summed E-state index contributed by atoms with van der Waals surface area (Å²) in [6.07, 6.45) is -0.906. The molecule has 1 unspecified atom stereocenters. The largest absolute Gasteiger partial charge is 0.490 e. The van der Waals surface area contributed by atoms with E-state index >= 15 is 0 Å². The third-order valence-electron chi connectivity index (χ3n) is 1.93. The molecule has 6 heteroatoms. The maximum absolute atomic E-state index is 10.7. The number of nitrogens with zero attached hydrogens (tertiary/aromatic N) is 1. The Bertz CT molecular complexity index is 369. The molecular weight excluding hydrogens is 222 g/mol. The monoisotopic (exact) mass is 231 g/mol. The van der Waals surface area contributed by atoms with Crippen molar-refractivity contribution in [3.8, 4) is 5.75 Å². The van der Waals surface area contributed by atoms with Crippen LogP contribution in [0.15, 0.2) is 18.2 Å². The van der Waals surface area contributed by atoms with E-state index in [0.717, 1.165) is 0 Å². The van der Waals surface area contributed by atoms with Gasteiger partial charge in [0.2, 0.25) is 0 Å². The molecule has 0 aliphatic heterocycles. The molecule has 1 rings (SSSR count). The van der Waals surface area contributed by atoms with E-state index in [1.807, 2.05) is 0 Å². The van der Waals surface area contributed by atoms with Gasteiger partial charge in [0, 0.05) is 6.07 Å². The van der Waals surface area contributed by atoms with Crippen molar-refractivity contribution in [2.24, 2.45) is 0 Å². The average Bonchev–Trinajstić information content (AvgIpc) is 2.27. The minimum absolute atomic E-state index is 0.0104. The minimum atomic E-state index is -0.906. The van der Waals surface area contributed by atoms with Crippen molar-refractivity contribution in [1.29, 1.82) is 0 Å². The van der Waals surface area contributed by atoms with Gasteiger partial charge in [0.15, 0.2) is 5.75 Å². The highest BCUT2D eigenvalue weighted by Crippen LogP contribution is 2.29. The highest BCUT2D eigenvalue weighted by Gasteiger charge is 2.17. The number of aliphatic hydroxyl groups is 1. The SMILES string of the molecule is COc1ccc(C(O)CCl)cc1[N+](=O)[O-]. The second kappa shape index (κ2) is 4.95. The lowest BCUT2D eigenvalue weighted by molar-refractivity contribution is -0.385. The van der Waals surface area contributed by atoms with Gasteiger partial charge in [-0.2, -0.15) is 0 Å². The maximum Gasteiger partial charge on any atom is 0.311 e. The average molecular weight is 232 g/mol. The number of nitro benzene ring substituents is 1. The topological polar surface area (TPSA) is 72.6 Å². The summed E-state index contributed by atoms with van der Waals surface area (Å²) in [6.45, 7) is 0. The lowest BCUT2D eigenvalue weighted by atomic mass is 10.1. The van der Waals surface area contributed by atoms with Crippen molar-refractivity contribution < 1.29 is 14.8 Å². The van der Waals surface area contributed by atoms with Gasteiger partial charge in [0.05, 0.1) is 24.0 Å². The molecule has 0 saturated heterocycles. The van der Waals surface area contributed by atoms with Crippen LogP contribution in [0.5, 0.6) is 5.75 Å². The van der Waals surface area contributed by atoms with Crippen LogP contribution in [0.1, 0.15) is 11.7 Å². The van der Waals surface area contributed by atoms with Gasteiger partial charge in [-0.3, -0.25) is 10.1 Å². The molecule has 0 fully saturated rings. The number of alkyl halides is 1. The van der Waals surface area contributed by atoms with Gasteiger partial charge in [0.25, 0.3) is 0 Å². The van der Waals surface area contributed by atoms with Crippen LogP contribution < -0.4 is 4.74 Å². The molecule has 0 aromatic heterocycles. The predicted molar refractivity (Wildman–Crippen MR) is 55.3 cm³/mol. The first-order valence-electron chi connectivity index (χ1n) is 4.16. The first-order valence-corrected chi connectivity index (χ1v) is 4.70. The lowest BCUT2D eigenvalue weighted by Gasteiger charge is -2.08. The Morgan fingerprint density at radius 1 is 1.67 bits per heavy atom. The summed E-state index contributed by atoms with van der Waals surface area (Å²) in [6, 6.07) is 4.23. The number of hydrogen-bond donors (Lipinski definition) is 1. The molecule has 0 saturated carbocycles. The Morgan fingerprint density at radius 3 is 2.80 bits per heavy atom. The molecule has 1 aromatic rings. The summed E-state index contributed by atoms with van der Waals surface area (Å²) < 4.78 is 4.82. The zero-order valence-electron chi connectivity index (χ0n) is 8.01. The molecule has 82 valence electrons. The lowest BCUT2D eigenvalue weighted by Crippen LogP contribution is -2.01. The first kappa shape index (κ1) is 11.7. The molecule has 0 spiro atoms. The summed E-state index contributed by atoms with van der Waals surface area (Å²) in [4.78, 5) is 10.1. The van der Waals surface area contributed by atoms with Crippen molar-refractivity contribution >= 4 is 17.3 Å². The van der Waals surface area contributed by atoms with Crippen LogP contribution in [0.25, 0.3) is 0 Å². The highest BCUT2D eigenvalue weighted by atomic mass is 35.5. The van der Waals surface area contributed by atoms with Gasteiger partial charge in [-0.25, -0.2) is 0 Å². The zero-order chi connectivity index (χ0) is 11.4. The number of halogens is 1. The summed E-state index contributed by atoms with van der Waals surface area (Å²) in [5, 5.41) is 20.1. The highest BCUT2D eigenvalue weighted by molar-refractivity contribution is 6.18. The minimum Gasteiger partial charge on any atom is -0.490 e. The number of nitro groups is 1. The molecule has 5 nitrogen and oxygen atoms in total. The van der Waals surface area contributed by atoms with Crippen molar-refractivity contribution in [2.75, 3.05) is 13.0 Å². The molecular formula is C9H10ClNO4. The van der Waals surface area contributed by atoms with E-state index in [0.29, 0.717) is 5.56 Å². The predicted octanol–water partition coefficient (Wildman–Crippen LogP) is 1.88. The standard InChI is InChI=1S/C9H10ClNO4/c1-15-9-3-2-6(8(12)5-10)4-7(9)11(13)14/h2-4,8,12H,5H2,1H3. The van der Waals surface area contributed by atoms with E-state index in [9.17, 15) is 15.2 Å². The number of hydrogen-bond acceptors (Lipinski definition) is 4. The number of methoxy groups -OCH3 is 1. The van der Waals surface area contributed by atoms with Crippen LogP contribution in [0.3, 0.4) is 0 Å². The second-order valence-electron chi connectivity index (χ2n) is 2.86. The first-order chi connectivity index (χ1) is 7.10. The van der Waals surface area contributed by atoms with Gasteiger partial charge in [0.1, 0.15) is 0 Å². The number of aliphatic hydroxyl groups excluding tert-OH is 1. The number of rotatable bonds is 4. The van der Waals surface area contributed by atoms with Gasteiger partial charge in [-0.15, -0.1) is 11.6 Å². The van der Waals surface area contributed by atoms with Gasteiger partial charge in [-0.05, 0) is 11.6 Å². The fourth-order valence-corrected chi connectivity index (χ4v) is 1.32. The molecule has 0 radical (unpaired) electrons. The fourth-order valence-electron chi connectivity index (χ4n) is 1.15. The Balaban J connectivity index is 3.16. The van der Waals surface area contributed by atoms with E-state index in [1.54, 1.807) is 6.07 Å². The van der Waals surface area contributed by atoms with Crippen molar-refractivity contribution in [3.05, 3.63) is 33.9 Å². The second-order valence-corrected chi connectivity index (χ2v) is 3.17. The smallest absolute Gasteiger partial charge is 0.311 e. The van der Waals surface area contributed by atoms with Crippen molar-refractivity contribution in [1.82, 2.24) is 0 Å². The Labute approximate surface area is 91.4 Å². The Hall–Kier alpha value is -1.33. The van der Waals surface area contributed by atoms with E-state index in [1.165, 1.54) is 19.2 Å². The van der Waals surface area contributed by atoms with Crippen LogP contribution in [0.4, 0.5) is 5.69 Å². The van der Waals surface area contributed by atoms with E-state index < -0.39 is 11.0 Å². The Kier molecular flexibility index (Phi) is 3.88. The zero-order valence-corrected chi connectivity index (χ0v) is 8.77. The maximum atomic E-state index is 10.7. The Morgan fingerprint density at radius 2 is 2.33 bits per heavy atom. The molecule has 0 aliphatic rings. The van der Waals surface area contributed by atoms with Gasteiger partial charge >= 0.3 is 5.69 Å². The van der Waals surface area contributed by atoms with Crippen LogP contribution in [0.2, 0.25) is 0 Å². The normalized spacial score (nSPS) is 12.2. The molecule has 1 N–H and O–H groups in total. The van der Waals surface area contributed by atoms with E-state index in [2.05, 4.69) is 0 Å². The third kappa shape index (κ3) is 2.57. The van der Waals surface area contributed by atoms with Crippen LogP contribution in [-0.4, -0.2) is 23.0 Å². The third-order valence-corrected chi connectivity index (χ3v) is 2.22. The van der Waals surface area contributed by atoms with E-state index in [-0.39, 0.29) is 17.3 Å². The molecule has 0 aliphatic carbocycles.